The predicted molar refractivity (Wildman–Crippen MR) is 63.3 cm³/mol. The lowest BCUT2D eigenvalue weighted by molar-refractivity contribution is -0.114. The van der Waals surface area contributed by atoms with Crippen LogP contribution in [0.5, 0.6) is 0 Å². The Balaban J connectivity index is 2.82. The van der Waals surface area contributed by atoms with Gasteiger partial charge in [-0.25, -0.2) is 0 Å². The van der Waals surface area contributed by atoms with Crippen LogP contribution in [0.2, 0.25) is 5.02 Å². The van der Waals surface area contributed by atoms with Crippen LogP contribution < -0.4 is 5.32 Å². The van der Waals surface area contributed by atoms with Gasteiger partial charge in [-0.1, -0.05) is 50.7 Å². The van der Waals surface area contributed by atoms with Gasteiger partial charge in [0.1, 0.15) is 0 Å². The maximum Gasteiger partial charge on any atom is 0.257 e. The average Bonchev–Trinajstić information content (AvgIpc) is 2.09. The molecule has 1 rings (SSSR count). The third-order valence-corrected chi connectivity index (χ3v) is 2.59. The molecular formula is C8H5BrCl3NO. The summed E-state index contributed by atoms with van der Waals surface area (Å²) in [6.45, 7) is 0. The minimum absolute atomic E-state index is 0.418. The Labute approximate surface area is 105 Å². The minimum atomic E-state index is -1.10. The molecule has 2 nitrogen and oxygen atoms in total. The SMILES string of the molecule is O=C(Nc1ccc(Br)cc1Cl)C(Cl)Cl. The lowest BCUT2D eigenvalue weighted by Gasteiger charge is -2.07. The average molecular weight is 317 g/mol. The lowest BCUT2D eigenvalue weighted by Crippen LogP contribution is -2.18. The molecule has 0 aromatic heterocycles. The molecule has 0 fully saturated rings. The van der Waals surface area contributed by atoms with Crippen LogP contribution in [0, 0.1) is 0 Å². The van der Waals surface area contributed by atoms with E-state index in [1.54, 1.807) is 18.2 Å². The van der Waals surface area contributed by atoms with E-state index in [4.69, 9.17) is 34.8 Å². The Bertz CT molecular complexity index is 356. The number of carbonyl (C=O) groups is 1. The van der Waals surface area contributed by atoms with Gasteiger partial charge in [0.25, 0.3) is 5.91 Å². The number of hydrogen-bond donors (Lipinski definition) is 1. The normalized spacial score (nSPS) is 10.4. The maximum atomic E-state index is 11.1. The Morgan fingerprint density at radius 1 is 1.43 bits per heavy atom. The Kier molecular flexibility index (Phi) is 4.51. The number of benzene rings is 1. The van der Waals surface area contributed by atoms with Crippen molar-refractivity contribution in [3.63, 3.8) is 0 Å². The molecule has 0 heterocycles. The van der Waals surface area contributed by atoms with Gasteiger partial charge >= 0.3 is 0 Å². The quantitative estimate of drug-likeness (QED) is 0.825. The summed E-state index contributed by atoms with van der Waals surface area (Å²) in [6, 6.07) is 5.06. The molecular weight excluding hydrogens is 312 g/mol. The number of halogens is 4. The van der Waals surface area contributed by atoms with E-state index in [1.807, 2.05) is 0 Å². The number of hydrogen-bond acceptors (Lipinski definition) is 1. The molecule has 0 unspecified atom stereocenters. The molecule has 0 saturated heterocycles. The number of rotatable bonds is 2. The molecule has 0 bridgehead atoms. The second-order valence-corrected chi connectivity index (χ2v) is 4.83. The molecule has 1 amide bonds. The van der Waals surface area contributed by atoms with Crippen molar-refractivity contribution in [3.05, 3.63) is 27.7 Å². The fraction of sp³-hybridized carbons (Fsp3) is 0.125. The highest BCUT2D eigenvalue weighted by atomic mass is 79.9. The molecule has 0 aliphatic rings. The van der Waals surface area contributed by atoms with Crippen molar-refractivity contribution >= 4 is 62.3 Å². The summed E-state index contributed by atoms with van der Waals surface area (Å²) in [5, 5.41) is 2.90. The van der Waals surface area contributed by atoms with Gasteiger partial charge in [0.15, 0.2) is 4.84 Å². The van der Waals surface area contributed by atoms with Crippen LogP contribution in [0.3, 0.4) is 0 Å². The third kappa shape index (κ3) is 3.31. The summed E-state index contributed by atoms with van der Waals surface area (Å²) in [5.74, 6) is -0.502. The third-order valence-electron chi connectivity index (χ3n) is 1.39. The molecule has 0 aliphatic carbocycles. The smallest absolute Gasteiger partial charge is 0.257 e. The Hall–Kier alpha value is 0.0400. The molecule has 1 aromatic rings. The highest BCUT2D eigenvalue weighted by Gasteiger charge is 2.12. The fourth-order valence-electron chi connectivity index (χ4n) is 0.778. The van der Waals surface area contributed by atoms with Gasteiger partial charge in [-0.15, -0.1) is 0 Å². The number of alkyl halides is 2. The second kappa shape index (κ2) is 5.21. The van der Waals surface area contributed by atoms with Crippen LogP contribution in [0.25, 0.3) is 0 Å². The zero-order chi connectivity index (χ0) is 10.7. The van der Waals surface area contributed by atoms with Gasteiger partial charge in [0.2, 0.25) is 0 Å². The summed E-state index contributed by atoms with van der Waals surface area (Å²) in [7, 11) is 0. The molecule has 6 heteroatoms. The molecule has 1 N–H and O–H groups in total. The van der Waals surface area contributed by atoms with Gasteiger partial charge in [-0.2, -0.15) is 0 Å². The van der Waals surface area contributed by atoms with Crippen molar-refractivity contribution in [1.82, 2.24) is 0 Å². The van der Waals surface area contributed by atoms with Crippen molar-refractivity contribution in [2.24, 2.45) is 0 Å². The van der Waals surface area contributed by atoms with Crippen LogP contribution in [0.15, 0.2) is 22.7 Å². The molecule has 14 heavy (non-hydrogen) atoms. The van der Waals surface area contributed by atoms with Gasteiger partial charge in [0.05, 0.1) is 10.7 Å². The molecule has 0 radical (unpaired) electrons. The van der Waals surface area contributed by atoms with Crippen molar-refractivity contribution in [2.75, 3.05) is 5.32 Å². The van der Waals surface area contributed by atoms with Gasteiger partial charge in [-0.05, 0) is 18.2 Å². The Morgan fingerprint density at radius 3 is 2.57 bits per heavy atom. The zero-order valence-corrected chi connectivity index (χ0v) is 10.6. The second-order valence-electron chi connectivity index (χ2n) is 2.41. The van der Waals surface area contributed by atoms with Crippen LogP contribution in [-0.4, -0.2) is 10.7 Å². The van der Waals surface area contributed by atoms with E-state index < -0.39 is 10.7 Å². The molecule has 76 valence electrons. The van der Waals surface area contributed by atoms with Gasteiger partial charge in [-0.3, -0.25) is 4.79 Å². The van der Waals surface area contributed by atoms with Crippen molar-refractivity contribution in [1.29, 1.82) is 0 Å². The summed E-state index contributed by atoms with van der Waals surface area (Å²) in [6.07, 6.45) is 0. The zero-order valence-electron chi connectivity index (χ0n) is 6.73. The first-order valence-electron chi connectivity index (χ1n) is 3.55. The molecule has 1 aromatic carbocycles. The molecule has 0 saturated carbocycles. The van der Waals surface area contributed by atoms with Crippen LogP contribution >= 0.6 is 50.7 Å². The van der Waals surface area contributed by atoms with Crippen molar-refractivity contribution in [2.45, 2.75) is 4.84 Å². The molecule has 0 atom stereocenters. The number of amides is 1. The minimum Gasteiger partial charge on any atom is -0.322 e. The molecule has 0 spiro atoms. The first kappa shape index (κ1) is 12.1. The van der Waals surface area contributed by atoms with Crippen LogP contribution in [0.1, 0.15) is 0 Å². The van der Waals surface area contributed by atoms with E-state index in [1.165, 1.54) is 0 Å². The first-order chi connectivity index (χ1) is 6.50. The monoisotopic (exact) mass is 315 g/mol. The highest BCUT2D eigenvalue weighted by molar-refractivity contribution is 9.10. The van der Waals surface area contributed by atoms with E-state index in [9.17, 15) is 4.79 Å². The van der Waals surface area contributed by atoms with Gasteiger partial charge < -0.3 is 5.32 Å². The van der Waals surface area contributed by atoms with Crippen molar-refractivity contribution in [3.8, 4) is 0 Å². The van der Waals surface area contributed by atoms with E-state index >= 15 is 0 Å². The van der Waals surface area contributed by atoms with Crippen LogP contribution in [-0.2, 0) is 4.79 Å². The van der Waals surface area contributed by atoms with E-state index in [0.717, 1.165) is 4.47 Å². The number of carbonyl (C=O) groups excluding carboxylic acids is 1. The highest BCUT2D eigenvalue weighted by Crippen LogP contribution is 2.26. The number of nitrogens with one attached hydrogen (secondary N) is 1. The predicted octanol–water partition coefficient (Wildman–Crippen LogP) is 3.84. The summed E-state index contributed by atoms with van der Waals surface area (Å²) in [5.41, 5.74) is 0.478. The maximum absolute atomic E-state index is 11.1. The van der Waals surface area contributed by atoms with Crippen LogP contribution in [0.4, 0.5) is 5.69 Å². The van der Waals surface area contributed by atoms with E-state index in [2.05, 4.69) is 21.2 Å². The van der Waals surface area contributed by atoms with E-state index in [0.29, 0.717) is 10.7 Å². The Morgan fingerprint density at radius 2 is 2.07 bits per heavy atom. The molecule has 0 aliphatic heterocycles. The topological polar surface area (TPSA) is 29.1 Å². The first-order valence-corrected chi connectivity index (χ1v) is 5.59. The standard InChI is InChI=1S/C8H5BrCl3NO/c9-4-1-2-6(5(10)3-4)13-8(14)7(11)12/h1-3,7H,(H,13,14). The van der Waals surface area contributed by atoms with E-state index in [-0.39, 0.29) is 0 Å². The van der Waals surface area contributed by atoms with Gasteiger partial charge in [0, 0.05) is 4.47 Å². The lowest BCUT2D eigenvalue weighted by atomic mass is 10.3. The number of anilines is 1. The summed E-state index contributed by atoms with van der Waals surface area (Å²) >= 11 is 19.8. The fourth-order valence-corrected chi connectivity index (χ4v) is 1.61. The summed E-state index contributed by atoms with van der Waals surface area (Å²) in [4.78, 5) is 10.0. The largest absolute Gasteiger partial charge is 0.322 e. The summed E-state index contributed by atoms with van der Waals surface area (Å²) < 4.78 is 0.828. The van der Waals surface area contributed by atoms with Crippen molar-refractivity contribution < 1.29 is 4.79 Å².